The largest absolute Gasteiger partial charge is 0.497 e. The summed E-state index contributed by atoms with van der Waals surface area (Å²) >= 11 is 1.61. The molecule has 96 valence electrons. The van der Waals surface area contributed by atoms with Gasteiger partial charge < -0.3 is 9.64 Å². The first-order valence-electron chi connectivity index (χ1n) is 5.78. The van der Waals surface area contributed by atoms with E-state index in [1.165, 1.54) is 5.56 Å². The second-order valence-corrected chi connectivity index (χ2v) is 5.32. The maximum atomic E-state index is 5.16. The lowest BCUT2D eigenvalue weighted by Crippen LogP contribution is -2.21. The van der Waals surface area contributed by atoms with Crippen molar-refractivity contribution >= 4 is 16.5 Å². The Balaban J connectivity index is 2.16. The monoisotopic (exact) mass is 263 g/mol. The molecule has 0 aliphatic heterocycles. The van der Waals surface area contributed by atoms with Crippen molar-refractivity contribution in [2.24, 2.45) is 0 Å². The zero-order valence-electron chi connectivity index (χ0n) is 11.0. The van der Waals surface area contributed by atoms with Crippen LogP contribution in [0.1, 0.15) is 23.5 Å². The lowest BCUT2D eigenvalue weighted by molar-refractivity contribution is 0.414. The molecule has 0 spiro atoms. The second kappa shape index (κ2) is 5.35. The number of nitrogens with zero attached hydrogens (tertiary/aromatic N) is 3. The van der Waals surface area contributed by atoms with Gasteiger partial charge in [0.15, 0.2) is 0 Å². The highest BCUT2D eigenvalue weighted by Crippen LogP contribution is 2.28. The lowest BCUT2D eigenvalue weighted by atomic mass is 10.1. The van der Waals surface area contributed by atoms with Crippen molar-refractivity contribution in [2.75, 3.05) is 19.1 Å². The van der Waals surface area contributed by atoms with Crippen molar-refractivity contribution in [3.63, 3.8) is 0 Å². The normalized spacial score (nSPS) is 12.2. The molecule has 4 nitrogen and oxygen atoms in total. The molecule has 0 radical (unpaired) electrons. The average Bonchev–Trinajstić information content (AvgIpc) is 2.84. The summed E-state index contributed by atoms with van der Waals surface area (Å²) in [6, 6.07) is 8.36. The predicted octanol–water partition coefficient (Wildman–Crippen LogP) is 3.05. The molecule has 0 fully saturated rings. The zero-order chi connectivity index (χ0) is 13.1. The Morgan fingerprint density at radius 2 is 1.89 bits per heavy atom. The molecule has 2 aromatic rings. The van der Waals surface area contributed by atoms with Gasteiger partial charge >= 0.3 is 0 Å². The first-order valence-corrected chi connectivity index (χ1v) is 6.60. The van der Waals surface area contributed by atoms with Gasteiger partial charge in [-0.05, 0) is 31.5 Å². The van der Waals surface area contributed by atoms with Crippen LogP contribution in [0.15, 0.2) is 24.3 Å². The molecular formula is C13H17N3OS. The molecule has 0 bridgehead atoms. The predicted molar refractivity (Wildman–Crippen MR) is 74.5 cm³/mol. The number of aryl methyl sites for hydroxylation is 1. The number of hydrogen-bond donors (Lipinski definition) is 0. The number of aromatic nitrogens is 2. The Morgan fingerprint density at radius 1 is 1.22 bits per heavy atom. The number of methoxy groups -OCH3 is 1. The van der Waals surface area contributed by atoms with Crippen LogP contribution in [0, 0.1) is 6.92 Å². The minimum atomic E-state index is 0.253. The van der Waals surface area contributed by atoms with Gasteiger partial charge in [0.05, 0.1) is 13.2 Å². The summed E-state index contributed by atoms with van der Waals surface area (Å²) in [5.74, 6) is 0.875. The van der Waals surface area contributed by atoms with E-state index in [0.717, 1.165) is 15.9 Å². The van der Waals surface area contributed by atoms with Crippen LogP contribution < -0.4 is 9.64 Å². The maximum Gasteiger partial charge on any atom is 0.208 e. The SMILES string of the molecule is COc1ccc(C(C)N(C)c2nnc(C)s2)cc1. The van der Waals surface area contributed by atoms with E-state index in [-0.39, 0.29) is 6.04 Å². The van der Waals surface area contributed by atoms with Gasteiger partial charge in [-0.3, -0.25) is 0 Å². The molecule has 5 heteroatoms. The molecule has 0 aliphatic carbocycles. The van der Waals surface area contributed by atoms with Crippen LogP contribution >= 0.6 is 11.3 Å². The second-order valence-electron chi connectivity index (χ2n) is 4.16. The first kappa shape index (κ1) is 12.8. The quantitative estimate of drug-likeness (QED) is 0.849. The summed E-state index contributed by atoms with van der Waals surface area (Å²) in [6.07, 6.45) is 0. The molecule has 2 rings (SSSR count). The third kappa shape index (κ3) is 2.61. The first-order chi connectivity index (χ1) is 8.61. The van der Waals surface area contributed by atoms with Crippen molar-refractivity contribution in [3.05, 3.63) is 34.8 Å². The molecule has 0 amide bonds. The smallest absolute Gasteiger partial charge is 0.208 e. The van der Waals surface area contributed by atoms with Gasteiger partial charge in [0, 0.05) is 7.05 Å². The molecule has 1 unspecified atom stereocenters. The van der Waals surface area contributed by atoms with Gasteiger partial charge in [0.25, 0.3) is 0 Å². The number of ether oxygens (including phenoxy) is 1. The topological polar surface area (TPSA) is 38.2 Å². The minimum absolute atomic E-state index is 0.253. The van der Waals surface area contributed by atoms with Crippen molar-refractivity contribution in [3.8, 4) is 5.75 Å². The third-order valence-corrected chi connectivity index (χ3v) is 3.93. The third-order valence-electron chi connectivity index (χ3n) is 3.00. The van der Waals surface area contributed by atoms with E-state index in [9.17, 15) is 0 Å². The van der Waals surface area contributed by atoms with E-state index in [0.29, 0.717) is 0 Å². The van der Waals surface area contributed by atoms with Crippen molar-refractivity contribution in [1.82, 2.24) is 10.2 Å². The van der Waals surface area contributed by atoms with Crippen LogP contribution in [-0.2, 0) is 0 Å². The van der Waals surface area contributed by atoms with Gasteiger partial charge in [-0.15, -0.1) is 10.2 Å². The highest BCUT2D eigenvalue weighted by molar-refractivity contribution is 7.15. The molecule has 1 atom stereocenters. The number of rotatable bonds is 4. The van der Waals surface area contributed by atoms with Crippen LogP contribution in [0.3, 0.4) is 0 Å². The van der Waals surface area contributed by atoms with E-state index in [2.05, 4.69) is 34.2 Å². The van der Waals surface area contributed by atoms with Crippen LogP contribution in [0.25, 0.3) is 0 Å². The standard InChI is InChI=1S/C13H17N3OS/c1-9(11-5-7-12(17-4)8-6-11)16(3)13-15-14-10(2)18-13/h5-9H,1-4H3. The molecule has 0 saturated heterocycles. The van der Waals surface area contributed by atoms with Gasteiger partial charge in [-0.25, -0.2) is 0 Å². The summed E-state index contributed by atoms with van der Waals surface area (Å²) in [6.45, 7) is 4.12. The van der Waals surface area contributed by atoms with Crippen LogP contribution in [0.2, 0.25) is 0 Å². The van der Waals surface area contributed by atoms with Gasteiger partial charge in [0.2, 0.25) is 5.13 Å². The van der Waals surface area contributed by atoms with Crippen molar-refractivity contribution < 1.29 is 4.74 Å². The van der Waals surface area contributed by atoms with E-state index < -0.39 is 0 Å². The zero-order valence-corrected chi connectivity index (χ0v) is 11.9. The molecule has 0 N–H and O–H groups in total. The van der Waals surface area contributed by atoms with E-state index >= 15 is 0 Å². The summed E-state index contributed by atoms with van der Waals surface area (Å²) < 4.78 is 5.16. The molecule has 0 saturated carbocycles. The fourth-order valence-electron chi connectivity index (χ4n) is 1.70. The molecule has 18 heavy (non-hydrogen) atoms. The van der Waals surface area contributed by atoms with Crippen LogP contribution in [-0.4, -0.2) is 24.4 Å². The highest BCUT2D eigenvalue weighted by atomic mass is 32.1. The van der Waals surface area contributed by atoms with Gasteiger partial charge in [-0.2, -0.15) is 0 Å². The minimum Gasteiger partial charge on any atom is -0.497 e. The van der Waals surface area contributed by atoms with Crippen LogP contribution in [0.4, 0.5) is 5.13 Å². The molecule has 0 aliphatic rings. The summed E-state index contributed by atoms with van der Waals surface area (Å²) in [5.41, 5.74) is 1.23. The Bertz CT molecular complexity index is 509. The molecule has 1 aromatic heterocycles. The van der Waals surface area contributed by atoms with Crippen LogP contribution in [0.5, 0.6) is 5.75 Å². The number of anilines is 1. The highest BCUT2D eigenvalue weighted by Gasteiger charge is 2.15. The Hall–Kier alpha value is -1.62. The summed E-state index contributed by atoms with van der Waals surface area (Å²) in [4.78, 5) is 2.13. The van der Waals surface area contributed by atoms with E-state index in [1.54, 1.807) is 18.4 Å². The van der Waals surface area contributed by atoms with Gasteiger partial charge in [-0.1, -0.05) is 23.5 Å². The molecule has 1 heterocycles. The van der Waals surface area contributed by atoms with Crippen molar-refractivity contribution in [2.45, 2.75) is 19.9 Å². The maximum absolute atomic E-state index is 5.16. The number of hydrogen-bond acceptors (Lipinski definition) is 5. The van der Waals surface area contributed by atoms with E-state index in [4.69, 9.17) is 4.74 Å². The summed E-state index contributed by atoms with van der Waals surface area (Å²) in [5, 5.41) is 10.1. The van der Waals surface area contributed by atoms with Crippen molar-refractivity contribution in [1.29, 1.82) is 0 Å². The average molecular weight is 263 g/mol. The Labute approximate surface area is 111 Å². The Morgan fingerprint density at radius 3 is 2.39 bits per heavy atom. The lowest BCUT2D eigenvalue weighted by Gasteiger charge is -2.24. The molecular weight excluding hydrogens is 246 g/mol. The fourth-order valence-corrected chi connectivity index (χ4v) is 2.43. The Kier molecular flexibility index (Phi) is 3.81. The summed E-state index contributed by atoms with van der Waals surface area (Å²) in [7, 11) is 3.71. The molecule has 1 aromatic carbocycles. The fraction of sp³-hybridized carbons (Fsp3) is 0.385. The number of benzene rings is 1. The van der Waals surface area contributed by atoms with Gasteiger partial charge in [0.1, 0.15) is 10.8 Å². The van der Waals surface area contributed by atoms with E-state index in [1.807, 2.05) is 26.1 Å².